The van der Waals surface area contributed by atoms with Crippen molar-refractivity contribution in [2.24, 2.45) is 7.05 Å². The number of amides is 3. The Labute approximate surface area is 170 Å². The third-order valence-electron chi connectivity index (χ3n) is 4.59. The highest BCUT2D eigenvalue weighted by molar-refractivity contribution is 6.05. The number of esters is 1. The average molecular weight is 412 g/mol. The van der Waals surface area contributed by atoms with Crippen LogP contribution in [0, 0.1) is 20.8 Å². The molecule has 156 valence electrons. The van der Waals surface area contributed by atoms with E-state index in [0.29, 0.717) is 5.69 Å². The fourth-order valence-corrected chi connectivity index (χ4v) is 2.84. The van der Waals surface area contributed by atoms with Gasteiger partial charge >= 0.3 is 12.0 Å². The molecule has 0 spiro atoms. The van der Waals surface area contributed by atoms with Crippen molar-refractivity contribution in [3.8, 4) is 0 Å². The number of aryl methyl sites for hydroxylation is 3. The van der Waals surface area contributed by atoms with Gasteiger partial charge in [-0.2, -0.15) is 0 Å². The number of furan rings is 1. The van der Waals surface area contributed by atoms with Crippen LogP contribution in [-0.4, -0.2) is 34.1 Å². The molecule has 3 rings (SSSR count). The smallest absolute Gasteiger partial charge is 0.343 e. The summed E-state index contributed by atoms with van der Waals surface area (Å²) in [6.07, 6.45) is 1.27. The third-order valence-corrected chi connectivity index (χ3v) is 4.59. The van der Waals surface area contributed by atoms with Crippen LogP contribution < -0.4 is 16.2 Å². The molecule has 0 aliphatic heterocycles. The molecule has 0 aliphatic carbocycles. The Morgan fingerprint density at radius 2 is 1.93 bits per heavy atom. The Morgan fingerprint density at radius 1 is 1.20 bits per heavy atom. The summed E-state index contributed by atoms with van der Waals surface area (Å²) in [5, 5.41) is 4.61. The van der Waals surface area contributed by atoms with Crippen molar-refractivity contribution in [2.75, 3.05) is 11.9 Å². The van der Waals surface area contributed by atoms with E-state index in [9.17, 15) is 19.2 Å². The summed E-state index contributed by atoms with van der Waals surface area (Å²) in [5.74, 6) is -1.62. The largest absolute Gasteiger partial charge is 0.452 e. The number of imide groups is 1. The van der Waals surface area contributed by atoms with Crippen molar-refractivity contribution in [1.29, 1.82) is 0 Å². The number of benzene rings is 1. The second-order valence-corrected chi connectivity index (χ2v) is 6.70. The van der Waals surface area contributed by atoms with Crippen LogP contribution in [0.5, 0.6) is 0 Å². The first kappa shape index (κ1) is 20.8. The number of aromatic nitrogens is 2. The van der Waals surface area contributed by atoms with Gasteiger partial charge in [-0.25, -0.2) is 14.6 Å². The Kier molecular flexibility index (Phi) is 5.67. The third kappa shape index (κ3) is 4.07. The van der Waals surface area contributed by atoms with Crippen molar-refractivity contribution in [3.63, 3.8) is 0 Å². The Bertz CT molecular complexity index is 1220. The molecule has 10 nitrogen and oxygen atoms in total. The van der Waals surface area contributed by atoms with Crippen LogP contribution in [0.2, 0.25) is 0 Å². The van der Waals surface area contributed by atoms with Crippen molar-refractivity contribution >= 4 is 34.7 Å². The van der Waals surface area contributed by atoms with E-state index in [1.165, 1.54) is 24.9 Å². The fourth-order valence-electron chi connectivity index (χ4n) is 2.84. The number of urea groups is 1. The molecule has 2 aromatic heterocycles. The first-order valence-electron chi connectivity index (χ1n) is 8.98. The lowest BCUT2D eigenvalue weighted by atomic mass is 10.1. The van der Waals surface area contributed by atoms with Crippen molar-refractivity contribution in [1.82, 2.24) is 14.9 Å². The van der Waals surface area contributed by atoms with Gasteiger partial charge in [-0.15, -0.1) is 0 Å². The SMILES string of the molecule is Cc1cccc(NC(=O)NC(=O)COC(=O)c2c(C)oc3ncn(C)c(=O)c23)c1C. The number of carbonyl (C=O) groups excluding carboxylic acids is 3. The number of ether oxygens (including phenoxy) is 1. The Balaban J connectivity index is 1.64. The molecular weight excluding hydrogens is 392 g/mol. The highest BCUT2D eigenvalue weighted by atomic mass is 16.5. The van der Waals surface area contributed by atoms with Crippen LogP contribution in [0.4, 0.5) is 10.5 Å². The van der Waals surface area contributed by atoms with E-state index in [4.69, 9.17) is 9.15 Å². The molecule has 0 fully saturated rings. The van der Waals surface area contributed by atoms with Gasteiger partial charge in [-0.3, -0.25) is 14.9 Å². The van der Waals surface area contributed by atoms with Gasteiger partial charge in [0.2, 0.25) is 5.71 Å². The van der Waals surface area contributed by atoms with Crippen LogP contribution in [-0.2, 0) is 16.6 Å². The maximum absolute atomic E-state index is 12.4. The number of carbonyl (C=O) groups is 3. The number of hydrogen-bond acceptors (Lipinski definition) is 7. The van der Waals surface area contributed by atoms with Crippen LogP contribution in [0.3, 0.4) is 0 Å². The van der Waals surface area contributed by atoms with Crippen molar-refractivity contribution in [2.45, 2.75) is 20.8 Å². The second kappa shape index (κ2) is 8.19. The molecule has 10 heteroatoms. The molecule has 3 aromatic rings. The number of nitrogens with one attached hydrogen (secondary N) is 2. The highest BCUT2D eigenvalue weighted by Crippen LogP contribution is 2.21. The van der Waals surface area contributed by atoms with Gasteiger partial charge in [-0.05, 0) is 38.0 Å². The van der Waals surface area contributed by atoms with E-state index in [1.807, 2.05) is 19.9 Å². The molecule has 0 radical (unpaired) electrons. The predicted octanol–water partition coefficient (Wildman–Crippen LogP) is 1.96. The molecule has 1 aromatic carbocycles. The predicted molar refractivity (Wildman–Crippen MR) is 107 cm³/mol. The summed E-state index contributed by atoms with van der Waals surface area (Å²) < 4.78 is 11.5. The molecule has 3 amide bonds. The number of fused-ring (bicyclic) bond motifs is 1. The van der Waals surface area contributed by atoms with Crippen LogP contribution >= 0.6 is 0 Å². The van der Waals surface area contributed by atoms with Gasteiger partial charge in [0, 0.05) is 12.7 Å². The lowest BCUT2D eigenvalue weighted by Gasteiger charge is -2.11. The zero-order valence-corrected chi connectivity index (χ0v) is 16.9. The van der Waals surface area contributed by atoms with Crippen LogP contribution in [0.25, 0.3) is 11.1 Å². The van der Waals surface area contributed by atoms with Gasteiger partial charge in [0.15, 0.2) is 6.61 Å². The van der Waals surface area contributed by atoms with Gasteiger partial charge in [0.05, 0.1) is 0 Å². The normalized spacial score (nSPS) is 10.7. The summed E-state index contributed by atoms with van der Waals surface area (Å²) in [6, 6.07) is 4.62. The molecule has 0 atom stereocenters. The maximum Gasteiger partial charge on any atom is 0.343 e. The van der Waals surface area contributed by atoms with Gasteiger partial charge in [0.25, 0.3) is 11.5 Å². The zero-order valence-electron chi connectivity index (χ0n) is 16.9. The van der Waals surface area contributed by atoms with Gasteiger partial charge < -0.3 is 19.0 Å². The molecule has 0 bridgehead atoms. The Hall–Kier alpha value is -3.95. The van der Waals surface area contributed by atoms with Gasteiger partial charge in [0.1, 0.15) is 23.0 Å². The fraction of sp³-hybridized carbons (Fsp3) is 0.250. The van der Waals surface area contributed by atoms with Crippen LogP contribution in [0.1, 0.15) is 27.2 Å². The van der Waals surface area contributed by atoms with Crippen molar-refractivity contribution < 1.29 is 23.5 Å². The summed E-state index contributed by atoms with van der Waals surface area (Å²) in [5.41, 5.74) is 1.81. The minimum absolute atomic E-state index is 0.0000892. The van der Waals surface area contributed by atoms with Crippen molar-refractivity contribution in [3.05, 3.63) is 57.3 Å². The highest BCUT2D eigenvalue weighted by Gasteiger charge is 2.24. The summed E-state index contributed by atoms with van der Waals surface area (Å²) in [6.45, 7) is 4.50. The lowest BCUT2D eigenvalue weighted by molar-refractivity contribution is -0.123. The van der Waals surface area contributed by atoms with E-state index in [1.54, 1.807) is 12.1 Å². The standard InChI is InChI=1S/C20H20N4O6/c1-10-6-5-7-13(11(10)2)22-20(28)23-14(25)8-29-19(27)15-12(3)30-17-16(15)18(26)24(4)9-21-17/h5-7,9H,8H2,1-4H3,(H2,22,23,25,28). The number of hydrogen-bond donors (Lipinski definition) is 2. The molecule has 0 saturated carbocycles. The molecule has 0 saturated heterocycles. The van der Waals surface area contributed by atoms with Crippen LogP contribution in [0.15, 0.2) is 33.7 Å². The summed E-state index contributed by atoms with van der Waals surface area (Å²) in [4.78, 5) is 52.7. The first-order valence-corrected chi connectivity index (χ1v) is 8.98. The first-order chi connectivity index (χ1) is 14.2. The number of rotatable bonds is 4. The molecular formula is C20H20N4O6. The Morgan fingerprint density at radius 3 is 2.67 bits per heavy atom. The molecule has 2 heterocycles. The van der Waals surface area contributed by atoms with E-state index < -0.39 is 30.1 Å². The lowest BCUT2D eigenvalue weighted by Crippen LogP contribution is -2.37. The topological polar surface area (TPSA) is 133 Å². The van der Waals surface area contributed by atoms with E-state index in [2.05, 4.69) is 15.6 Å². The quantitative estimate of drug-likeness (QED) is 0.626. The summed E-state index contributed by atoms with van der Waals surface area (Å²) in [7, 11) is 1.48. The average Bonchev–Trinajstić information content (AvgIpc) is 3.03. The number of anilines is 1. The monoisotopic (exact) mass is 412 g/mol. The molecule has 0 unspecified atom stereocenters. The summed E-state index contributed by atoms with van der Waals surface area (Å²) >= 11 is 0. The van der Waals surface area contributed by atoms with E-state index in [-0.39, 0.29) is 22.4 Å². The number of nitrogens with zero attached hydrogens (tertiary/aromatic N) is 2. The molecule has 2 N–H and O–H groups in total. The molecule has 30 heavy (non-hydrogen) atoms. The maximum atomic E-state index is 12.4. The molecule has 0 aliphatic rings. The van der Waals surface area contributed by atoms with E-state index >= 15 is 0 Å². The second-order valence-electron chi connectivity index (χ2n) is 6.70. The minimum Gasteiger partial charge on any atom is -0.452 e. The minimum atomic E-state index is -0.929. The van der Waals surface area contributed by atoms with E-state index in [0.717, 1.165) is 11.1 Å². The van der Waals surface area contributed by atoms with Gasteiger partial charge in [-0.1, -0.05) is 12.1 Å². The zero-order chi connectivity index (χ0) is 22.0.